The molecule has 2 aromatic carbocycles. The second-order valence-corrected chi connectivity index (χ2v) is 9.11. The molecule has 1 aromatic heterocycles. The molecule has 0 bridgehead atoms. The fourth-order valence-corrected chi connectivity index (χ4v) is 4.94. The number of aromatic nitrogens is 1. The third kappa shape index (κ3) is 4.61. The van der Waals surface area contributed by atoms with Crippen LogP contribution in [0.4, 0.5) is 0 Å². The summed E-state index contributed by atoms with van der Waals surface area (Å²) in [6.07, 6.45) is 3.48. The number of esters is 1. The van der Waals surface area contributed by atoms with E-state index >= 15 is 0 Å². The lowest BCUT2D eigenvalue weighted by molar-refractivity contribution is -0.136. The predicted octanol–water partition coefficient (Wildman–Crippen LogP) is 3.98. The molecule has 1 aliphatic rings. The number of carbonyl (C=O) groups excluding carboxylic acids is 1. The van der Waals surface area contributed by atoms with Crippen LogP contribution in [0.5, 0.6) is 5.75 Å². The lowest BCUT2D eigenvalue weighted by Gasteiger charge is -2.25. The van der Waals surface area contributed by atoms with Crippen LogP contribution in [-0.2, 0) is 9.53 Å². The van der Waals surface area contributed by atoms with Crippen LogP contribution in [0.25, 0.3) is 6.08 Å². The van der Waals surface area contributed by atoms with Crippen LogP contribution in [0.2, 0.25) is 0 Å². The average molecular weight is 477 g/mol. The molecule has 0 N–H and O–H groups in total. The number of benzene rings is 2. The summed E-state index contributed by atoms with van der Waals surface area (Å²) in [4.78, 5) is 31.6. The Hall–Kier alpha value is -3.45. The number of hydrogen-bond acceptors (Lipinski definition) is 6. The van der Waals surface area contributed by atoms with E-state index in [1.165, 1.54) is 18.4 Å². The molecule has 0 amide bonds. The van der Waals surface area contributed by atoms with Gasteiger partial charge in [-0.25, -0.2) is 9.79 Å². The van der Waals surface area contributed by atoms with Crippen LogP contribution in [0.3, 0.4) is 0 Å². The van der Waals surface area contributed by atoms with Gasteiger partial charge in [-0.2, -0.15) is 0 Å². The van der Waals surface area contributed by atoms with Crippen LogP contribution in [0, 0.1) is 0 Å². The molecule has 0 radical (unpaired) electrons. The largest absolute Gasteiger partial charge is 0.491 e. The van der Waals surface area contributed by atoms with Crippen molar-refractivity contribution in [3.05, 3.63) is 96.7 Å². The highest BCUT2D eigenvalue weighted by Gasteiger charge is 2.33. The Morgan fingerprint density at radius 1 is 1.15 bits per heavy atom. The number of nitrogens with zero attached hydrogens (tertiary/aromatic N) is 2. The number of ether oxygens (including phenoxy) is 2. The Kier molecular flexibility index (Phi) is 7.12. The van der Waals surface area contributed by atoms with Gasteiger partial charge in [0.05, 0.1) is 35.1 Å². The van der Waals surface area contributed by atoms with E-state index < -0.39 is 12.0 Å². The molecule has 0 saturated heterocycles. The molecule has 0 saturated carbocycles. The van der Waals surface area contributed by atoms with Gasteiger partial charge >= 0.3 is 5.97 Å². The van der Waals surface area contributed by atoms with Crippen molar-refractivity contribution in [2.75, 3.05) is 7.11 Å². The third-order valence-electron chi connectivity index (χ3n) is 5.86. The summed E-state index contributed by atoms with van der Waals surface area (Å²) in [5.74, 6) is 0.327. The summed E-state index contributed by atoms with van der Waals surface area (Å²) in [7, 11) is 1.35. The molecule has 1 aliphatic heterocycles. The fraction of sp³-hybridized carbons (Fsp3) is 0.296. The summed E-state index contributed by atoms with van der Waals surface area (Å²) in [6.45, 7) is 6.06. The normalized spacial score (nSPS) is 16.6. The topological polar surface area (TPSA) is 69.9 Å². The molecule has 176 valence electrons. The van der Waals surface area contributed by atoms with Gasteiger partial charge in [0.2, 0.25) is 0 Å². The molecule has 2 heterocycles. The van der Waals surface area contributed by atoms with Gasteiger partial charge in [0, 0.05) is 0 Å². The first-order chi connectivity index (χ1) is 16.5. The zero-order valence-electron chi connectivity index (χ0n) is 19.8. The monoisotopic (exact) mass is 476 g/mol. The second-order valence-electron chi connectivity index (χ2n) is 8.10. The van der Waals surface area contributed by atoms with Crippen LogP contribution in [0.15, 0.2) is 75.7 Å². The number of fused-ring (bicyclic) bond motifs is 1. The van der Waals surface area contributed by atoms with E-state index in [-0.39, 0.29) is 11.7 Å². The van der Waals surface area contributed by atoms with Crippen molar-refractivity contribution in [1.82, 2.24) is 4.57 Å². The number of methoxy groups -OCH3 is 1. The summed E-state index contributed by atoms with van der Waals surface area (Å²) in [5, 5.41) is 0. The van der Waals surface area contributed by atoms with Crippen molar-refractivity contribution >= 4 is 23.4 Å². The zero-order chi connectivity index (χ0) is 24.2. The Morgan fingerprint density at radius 2 is 1.85 bits per heavy atom. The number of hydrogen-bond donors (Lipinski definition) is 0. The van der Waals surface area contributed by atoms with Gasteiger partial charge in [0.1, 0.15) is 5.75 Å². The van der Waals surface area contributed by atoms with Crippen molar-refractivity contribution in [3.63, 3.8) is 0 Å². The number of carbonyl (C=O) groups is 1. The number of thiazole rings is 1. The highest BCUT2D eigenvalue weighted by molar-refractivity contribution is 7.07. The molecule has 7 heteroatoms. The Morgan fingerprint density at radius 3 is 2.47 bits per heavy atom. The summed E-state index contributed by atoms with van der Waals surface area (Å²) < 4.78 is 13.1. The first-order valence-electron chi connectivity index (χ1n) is 11.4. The smallest absolute Gasteiger partial charge is 0.338 e. The molecule has 4 rings (SSSR count). The number of allylic oxidation sites excluding steroid dienone is 1. The SMILES string of the molecule is CCC1=C(C(=O)OC)[C@@H](c2ccccc2)n2c(s/c(=C\c3ccc(O[C@H](C)CC)cc3)c2=O)=N1. The third-order valence-corrected chi connectivity index (χ3v) is 6.84. The fourth-order valence-electron chi connectivity index (χ4n) is 3.92. The minimum atomic E-state index is -0.590. The Balaban J connectivity index is 1.84. The Bertz CT molecular complexity index is 1390. The lowest BCUT2D eigenvalue weighted by atomic mass is 9.95. The molecule has 34 heavy (non-hydrogen) atoms. The van der Waals surface area contributed by atoms with Crippen molar-refractivity contribution in [1.29, 1.82) is 0 Å². The molecule has 0 spiro atoms. The van der Waals surface area contributed by atoms with Gasteiger partial charge in [-0.3, -0.25) is 9.36 Å². The quantitative estimate of drug-likeness (QED) is 0.484. The van der Waals surface area contributed by atoms with E-state index in [0.29, 0.717) is 27.0 Å². The summed E-state index contributed by atoms with van der Waals surface area (Å²) >= 11 is 1.32. The van der Waals surface area contributed by atoms with Crippen LogP contribution >= 0.6 is 11.3 Å². The molecular formula is C27H28N2O4S. The van der Waals surface area contributed by atoms with E-state index in [0.717, 1.165) is 23.3 Å². The minimum absolute atomic E-state index is 0.143. The van der Waals surface area contributed by atoms with Gasteiger partial charge < -0.3 is 9.47 Å². The maximum atomic E-state index is 13.6. The van der Waals surface area contributed by atoms with Gasteiger partial charge in [-0.05, 0) is 49.1 Å². The maximum absolute atomic E-state index is 13.6. The zero-order valence-corrected chi connectivity index (χ0v) is 20.6. The first-order valence-corrected chi connectivity index (χ1v) is 12.2. The van der Waals surface area contributed by atoms with Crippen molar-refractivity contribution < 1.29 is 14.3 Å². The van der Waals surface area contributed by atoms with Gasteiger partial charge in [-0.15, -0.1) is 0 Å². The van der Waals surface area contributed by atoms with Gasteiger partial charge in [0.25, 0.3) is 5.56 Å². The van der Waals surface area contributed by atoms with E-state index in [2.05, 4.69) is 11.9 Å². The van der Waals surface area contributed by atoms with E-state index in [4.69, 9.17) is 9.47 Å². The molecule has 0 fully saturated rings. The molecule has 2 atom stereocenters. The van der Waals surface area contributed by atoms with E-state index in [1.807, 2.05) is 74.5 Å². The van der Waals surface area contributed by atoms with Gasteiger partial charge in [0.15, 0.2) is 4.80 Å². The standard InChI is InChI=1S/C27H28N2O4S/c1-5-17(3)33-20-14-12-18(13-15-20)16-22-25(30)29-24(19-10-8-7-9-11-19)23(26(31)32-4)21(6-2)28-27(29)34-22/h7-17,24H,5-6H2,1-4H3/b22-16-/t17-,24-/m1/s1. The number of rotatable bonds is 7. The van der Waals surface area contributed by atoms with Crippen molar-refractivity contribution in [3.8, 4) is 5.75 Å². The molecule has 0 aliphatic carbocycles. The van der Waals surface area contributed by atoms with Crippen molar-refractivity contribution in [2.45, 2.75) is 45.8 Å². The van der Waals surface area contributed by atoms with Crippen molar-refractivity contribution in [2.24, 2.45) is 4.99 Å². The molecular weight excluding hydrogens is 448 g/mol. The lowest BCUT2D eigenvalue weighted by Crippen LogP contribution is -2.40. The van der Waals surface area contributed by atoms with Crippen LogP contribution in [0.1, 0.15) is 50.8 Å². The highest BCUT2D eigenvalue weighted by Crippen LogP contribution is 2.31. The van der Waals surface area contributed by atoms with Crippen LogP contribution < -0.4 is 19.6 Å². The second kappa shape index (κ2) is 10.2. The minimum Gasteiger partial charge on any atom is -0.491 e. The van der Waals surface area contributed by atoms with E-state index in [1.54, 1.807) is 4.57 Å². The molecule has 6 nitrogen and oxygen atoms in total. The summed E-state index contributed by atoms with van der Waals surface area (Å²) in [5.41, 5.74) is 2.58. The Labute approximate surface area is 202 Å². The van der Waals surface area contributed by atoms with Gasteiger partial charge in [-0.1, -0.05) is 67.6 Å². The molecule has 0 unspecified atom stereocenters. The summed E-state index contributed by atoms with van der Waals surface area (Å²) in [6, 6.07) is 16.6. The molecule has 3 aromatic rings. The highest BCUT2D eigenvalue weighted by atomic mass is 32.1. The average Bonchev–Trinajstić information content (AvgIpc) is 3.18. The first kappa shape index (κ1) is 23.7. The predicted molar refractivity (Wildman–Crippen MR) is 134 cm³/mol. The van der Waals surface area contributed by atoms with Crippen LogP contribution in [-0.4, -0.2) is 23.8 Å². The maximum Gasteiger partial charge on any atom is 0.338 e. The van der Waals surface area contributed by atoms with E-state index in [9.17, 15) is 9.59 Å².